The third-order valence-corrected chi connectivity index (χ3v) is 2.54. The van der Waals surface area contributed by atoms with Crippen molar-refractivity contribution in [1.29, 1.82) is 0 Å². The van der Waals surface area contributed by atoms with Crippen LogP contribution in [-0.4, -0.2) is 12.1 Å². The lowest BCUT2D eigenvalue weighted by Crippen LogP contribution is -2.12. The van der Waals surface area contributed by atoms with Gasteiger partial charge in [-0.3, -0.25) is 4.79 Å². The molecule has 0 fully saturated rings. The first-order chi connectivity index (χ1) is 9.74. The van der Waals surface area contributed by atoms with Gasteiger partial charge in [-0.1, -0.05) is 42.5 Å². The van der Waals surface area contributed by atoms with E-state index in [1.165, 1.54) is 6.92 Å². The first kappa shape index (κ1) is 13.8. The summed E-state index contributed by atoms with van der Waals surface area (Å²) in [5.41, 5.74) is 4.34. The highest BCUT2D eigenvalue weighted by Crippen LogP contribution is 2.14. The van der Waals surface area contributed by atoms with Crippen LogP contribution in [0, 0.1) is 0 Å². The van der Waals surface area contributed by atoms with Gasteiger partial charge in [0.05, 0.1) is 6.21 Å². The van der Waals surface area contributed by atoms with E-state index < -0.39 is 0 Å². The van der Waals surface area contributed by atoms with Crippen molar-refractivity contribution in [2.45, 2.75) is 13.5 Å². The number of nitrogens with one attached hydrogen (secondary N) is 1. The number of nitrogens with zero attached hydrogens (tertiary/aromatic N) is 1. The Hall–Kier alpha value is -2.62. The summed E-state index contributed by atoms with van der Waals surface area (Å²) in [7, 11) is 0. The van der Waals surface area contributed by atoms with Gasteiger partial charge in [0, 0.05) is 6.92 Å². The van der Waals surface area contributed by atoms with Crippen LogP contribution in [0.3, 0.4) is 0 Å². The maximum atomic E-state index is 10.7. The van der Waals surface area contributed by atoms with Crippen molar-refractivity contribution in [1.82, 2.24) is 5.43 Å². The molecule has 4 heteroatoms. The van der Waals surface area contributed by atoms with Crippen molar-refractivity contribution in [2.75, 3.05) is 0 Å². The van der Waals surface area contributed by atoms with Gasteiger partial charge in [-0.25, -0.2) is 5.43 Å². The van der Waals surface area contributed by atoms with Crippen LogP contribution in [0.15, 0.2) is 59.7 Å². The average molecular weight is 268 g/mol. The third-order valence-electron chi connectivity index (χ3n) is 2.54. The molecule has 2 aromatic rings. The quantitative estimate of drug-likeness (QED) is 0.669. The maximum absolute atomic E-state index is 10.7. The lowest BCUT2D eigenvalue weighted by molar-refractivity contribution is -0.118. The normalized spacial score (nSPS) is 10.4. The molecule has 0 saturated carbocycles. The smallest absolute Gasteiger partial charge is 0.236 e. The maximum Gasteiger partial charge on any atom is 0.236 e. The van der Waals surface area contributed by atoms with E-state index in [1.807, 2.05) is 54.6 Å². The summed E-state index contributed by atoms with van der Waals surface area (Å²) in [6.45, 7) is 1.93. The predicted molar refractivity (Wildman–Crippen MR) is 78.6 cm³/mol. The largest absolute Gasteiger partial charge is 0.489 e. The minimum atomic E-state index is -0.197. The molecule has 0 aliphatic carbocycles. The molecule has 0 heterocycles. The number of hydrazone groups is 1. The molecule has 0 aliphatic heterocycles. The Balaban J connectivity index is 1.95. The number of hydrogen-bond acceptors (Lipinski definition) is 3. The van der Waals surface area contributed by atoms with Crippen molar-refractivity contribution in [3.63, 3.8) is 0 Å². The van der Waals surface area contributed by atoms with Gasteiger partial charge >= 0.3 is 0 Å². The van der Waals surface area contributed by atoms with Gasteiger partial charge in [0.2, 0.25) is 5.91 Å². The zero-order valence-corrected chi connectivity index (χ0v) is 11.2. The summed E-state index contributed by atoms with van der Waals surface area (Å²) < 4.78 is 5.71. The lowest BCUT2D eigenvalue weighted by Gasteiger charge is -2.06. The summed E-state index contributed by atoms with van der Waals surface area (Å²) in [4.78, 5) is 10.7. The number of ether oxygens (including phenoxy) is 1. The summed E-state index contributed by atoms with van der Waals surface area (Å²) in [5.74, 6) is 0.568. The standard InChI is InChI=1S/C16H16N2O2/c1-13(19)18-17-11-15-8-5-9-16(10-15)20-12-14-6-3-2-4-7-14/h2-11H,12H2,1H3,(H,18,19)/b17-11+. The molecule has 102 valence electrons. The first-order valence-electron chi connectivity index (χ1n) is 6.30. The summed E-state index contributed by atoms with van der Waals surface area (Å²) in [6.07, 6.45) is 1.58. The molecule has 1 N–H and O–H groups in total. The SMILES string of the molecule is CC(=O)N/N=C/c1cccc(OCc2ccccc2)c1. The van der Waals surface area contributed by atoms with E-state index in [0.29, 0.717) is 6.61 Å². The molecule has 0 bridgehead atoms. The fourth-order valence-electron chi connectivity index (χ4n) is 1.62. The second kappa shape index (κ2) is 7.09. The molecule has 2 rings (SSSR count). The Bertz CT molecular complexity index is 594. The van der Waals surface area contributed by atoms with Crippen LogP contribution in [0.2, 0.25) is 0 Å². The van der Waals surface area contributed by atoms with E-state index in [1.54, 1.807) is 6.21 Å². The van der Waals surface area contributed by atoms with Gasteiger partial charge < -0.3 is 4.74 Å². The number of carbonyl (C=O) groups excluding carboxylic acids is 1. The molecule has 0 saturated heterocycles. The number of carbonyl (C=O) groups is 1. The fraction of sp³-hybridized carbons (Fsp3) is 0.125. The Labute approximate surface area is 118 Å². The molecular formula is C16H16N2O2. The molecule has 0 unspecified atom stereocenters. The molecular weight excluding hydrogens is 252 g/mol. The molecule has 2 aromatic carbocycles. The van der Waals surface area contributed by atoms with Crippen molar-refractivity contribution in [3.8, 4) is 5.75 Å². The molecule has 0 aliphatic rings. The van der Waals surface area contributed by atoms with Gasteiger partial charge in [0.25, 0.3) is 0 Å². The highest BCUT2D eigenvalue weighted by molar-refractivity contribution is 5.82. The van der Waals surface area contributed by atoms with Gasteiger partial charge in [0.1, 0.15) is 12.4 Å². The van der Waals surface area contributed by atoms with Crippen LogP contribution in [0.25, 0.3) is 0 Å². The molecule has 0 radical (unpaired) electrons. The third kappa shape index (κ3) is 4.57. The van der Waals surface area contributed by atoms with Crippen LogP contribution in [0.5, 0.6) is 5.75 Å². The van der Waals surface area contributed by atoms with Crippen LogP contribution >= 0.6 is 0 Å². The van der Waals surface area contributed by atoms with Crippen LogP contribution < -0.4 is 10.2 Å². The van der Waals surface area contributed by atoms with E-state index in [2.05, 4.69) is 10.5 Å². The first-order valence-corrected chi connectivity index (χ1v) is 6.30. The molecule has 0 aromatic heterocycles. The minimum absolute atomic E-state index is 0.197. The zero-order chi connectivity index (χ0) is 14.2. The summed E-state index contributed by atoms with van der Waals surface area (Å²) >= 11 is 0. The number of benzene rings is 2. The fourth-order valence-corrected chi connectivity index (χ4v) is 1.62. The van der Waals surface area contributed by atoms with E-state index in [9.17, 15) is 4.79 Å². The van der Waals surface area contributed by atoms with Crippen molar-refractivity contribution < 1.29 is 9.53 Å². The Kier molecular flexibility index (Phi) is 4.89. The summed E-state index contributed by atoms with van der Waals surface area (Å²) in [5, 5.41) is 3.82. The Morgan fingerprint density at radius 3 is 2.75 bits per heavy atom. The second-order valence-electron chi connectivity index (χ2n) is 4.27. The highest BCUT2D eigenvalue weighted by atomic mass is 16.5. The van der Waals surface area contributed by atoms with Crippen LogP contribution in [0.4, 0.5) is 0 Å². The lowest BCUT2D eigenvalue weighted by atomic mass is 10.2. The molecule has 4 nitrogen and oxygen atoms in total. The average Bonchev–Trinajstić information content (AvgIpc) is 2.46. The van der Waals surface area contributed by atoms with Gasteiger partial charge in [-0.15, -0.1) is 0 Å². The second-order valence-corrected chi connectivity index (χ2v) is 4.27. The minimum Gasteiger partial charge on any atom is -0.489 e. The monoisotopic (exact) mass is 268 g/mol. The molecule has 0 spiro atoms. The number of amides is 1. The van der Waals surface area contributed by atoms with Crippen LogP contribution in [-0.2, 0) is 11.4 Å². The van der Waals surface area contributed by atoms with E-state index in [4.69, 9.17) is 4.74 Å². The topological polar surface area (TPSA) is 50.7 Å². The van der Waals surface area contributed by atoms with Crippen LogP contribution in [0.1, 0.15) is 18.1 Å². The van der Waals surface area contributed by atoms with E-state index in [0.717, 1.165) is 16.9 Å². The number of hydrogen-bond donors (Lipinski definition) is 1. The zero-order valence-electron chi connectivity index (χ0n) is 11.2. The molecule has 20 heavy (non-hydrogen) atoms. The predicted octanol–water partition coefficient (Wildman–Crippen LogP) is 2.74. The Morgan fingerprint density at radius 1 is 1.20 bits per heavy atom. The van der Waals surface area contributed by atoms with Crippen molar-refractivity contribution >= 4 is 12.1 Å². The van der Waals surface area contributed by atoms with E-state index in [-0.39, 0.29) is 5.91 Å². The van der Waals surface area contributed by atoms with Crippen molar-refractivity contribution in [2.24, 2.45) is 5.10 Å². The molecule has 0 atom stereocenters. The highest BCUT2D eigenvalue weighted by Gasteiger charge is 1.97. The van der Waals surface area contributed by atoms with Gasteiger partial charge in [0.15, 0.2) is 0 Å². The van der Waals surface area contributed by atoms with E-state index >= 15 is 0 Å². The van der Waals surface area contributed by atoms with Crippen molar-refractivity contribution in [3.05, 3.63) is 65.7 Å². The number of rotatable bonds is 5. The molecule has 1 amide bonds. The Morgan fingerprint density at radius 2 is 2.00 bits per heavy atom. The van der Waals surface area contributed by atoms with Gasteiger partial charge in [-0.2, -0.15) is 5.10 Å². The van der Waals surface area contributed by atoms with Gasteiger partial charge in [-0.05, 0) is 23.3 Å². The summed E-state index contributed by atoms with van der Waals surface area (Å²) in [6, 6.07) is 17.5.